The summed E-state index contributed by atoms with van der Waals surface area (Å²) in [4.78, 5) is 30.6. The van der Waals surface area contributed by atoms with E-state index in [2.05, 4.69) is 22.6 Å². The summed E-state index contributed by atoms with van der Waals surface area (Å²) < 4.78 is 0. The zero-order valence-corrected chi connectivity index (χ0v) is 15.6. The quantitative estimate of drug-likeness (QED) is 0.652. The van der Waals surface area contributed by atoms with Crippen molar-refractivity contribution < 1.29 is 29.1 Å². The van der Waals surface area contributed by atoms with E-state index >= 15 is 0 Å². The summed E-state index contributed by atoms with van der Waals surface area (Å²) in [5.41, 5.74) is 0.430. The molecule has 1 unspecified atom stereocenters. The minimum absolute atomic E-state index is 0. The number of hydrogen-bond acceptors (Lipinski definition) is 5. The number of aromatic nitrogens is 2. The van der Waals surface area contributed by atoms with E-state index in [0.29, 0.717) is 12.2 Å². The first-order valence-corrected chi connectivity index (χ1v) is 6.68. The molecule has 0 fully saturated rings. The maximum atomic E-state index is 11.9. The Kier molecular flexibility index (Phi) is 5.74. The molecule has 0 amide bonds. The van der Waals surface area contributed by atoms with Crippen LogP contribution >= 0.6 is 0 Å². The summed E-state index contributed by atoms with van der Waals surface area (Å²) in [6.45, 7) is 1.80. The van der Waals surface area contributed by atoms with Crippen LogP contribution in [0.15, 0.2) is 24.3 Å². The Bertz CT molecular complexity index is 611. The fourth-order valence-electron chi connectivity index (χ4n) is 2.12. The third-order valence-electron chi connectivity index (χ3n) is 3.28. The van der Waals surface area contributed by atoms with E-state index in [1.54, 1.807) is 6.92 Å². The molecule has 0 bridgehead atoms. The number of rotatable bonds is 5. The van der Waals surface area contributed by atoms with Gasteiger partial charge in [-0.25, -0.2) is 4.98 Å². The van der Waals surface area contributed by atoms with Gasteiger partial charge in [0.2, 0.25) is 0 Å². The van der Waals surface area contributed by atoms with Gasteiger partial charge >= 0.3 is 19.5 Å². The van der Waals surface area contributed by atoms with Crippen molar-refractivity contribution in [3.8, 4) is 0 Å². The summed E-state index contributed by atoms with van der Waals surface area (Å²) >= 11 is 9.43. The maximum Gasteiger partial charge on any atom is 2.00 e. The molecule has 0 radical (unpaired) electrons. The second-order valence-electron chi connectivity index (χ2n) is 4.37. The minimum atomic E-state index is -1.12. The average Bonchev–Trinajstić information content (AvgIpc) is 2.79. The summed E-state index contributed by atoms with van der Waals surface area (Å²) in [5, 5.41) is -0.993. The Hall–Kier alpha value is -0.907. The largest absolute Gasteiger partial charge is 2.00 e. The molecule has 0 spiro atoms. The number of aromatic amines is 1. The first-order valence-electron chi connectivity index (χ1n) is 5.86. The molecule has 20 heavy (non-hydrogen) atoms. The van der Waals surface area contributed by atoms with Crippen molar-refractivity contribution in [3.63, 3.8) is 0 Å². The van der Waals surface area contributed by atoms with E-state index in [4.69, 9.17) is 12.6 Å². The first-order chi connectivity index (χ1) is 8.99. The number of imidazole rings is 1. The van der Waals surface area contributed by atoms with Gasteiger partial charge in [-0.05, 0) is 18.6 Å². The van der Waals surface area contributed by atoms with Crippen molar-refractivity contribution in [2.75, 3.05) is 0 Å². The van der Waals surface area contributed by atoms with Gasteiger partial charge in [-0.3, -0.25) is 0 Å². The van der Waals surface area contributed by atoms with E-state index < -0.39 is 15.6 Å². The molecule has 0 aliphatic heterocycles. The molecule has 1 aromatic heterocycles. The number of benzene rings is 1. The van der Waals surface area contributed by atoms with Gasteiger partial charge in [-0.15, -0.1) is 0 Å². The number of H-pyrrole nitrogens is 1. The molecule has 0 saturated heterocycles. The zero-order chi connectivity index (χ0) is 14.0. The third kappa shape index (κ3) is 3.05. The van der Waals surface area contributed by atoms with Crippen LogP contribution in [0.3, 0.4) is 0 Å². The summed E-state index contributed by atoms with van der Waals surface area (Å²) in [6.07, 6.45) is 0.290. The number of carbonyl (C=O) groups is 2. The Balaban J connectivity index is 0.00000200. The molecule has 1 atom stereocenters. The molecule has 0 aliphatic carbocycles. The molecular weight excluding hydrogens is 346 g/mol. The number of carbonyl (C=O) groups excluding carboxylic acids is 2. The third-order valence-corrected chi connectivity index (χ3v) is 3.82. The van der Waals surface area contributed by atoms with E-state index in [1.807, 2.05) is 24.3 Å². The van der Waals surface area contributed by atoms with Crippen LogP contribution in [0.5, 0.6) is 0 Å². The van der Waals surface area contributed by atoms with Crippen LogP contribution in [0.25, 0.3) is 11.0 Å². The van der Waals surface area contributed by atoms with Gasteiger partial charge in [0.25, 0.3) is 0 Å². The Morgan fingerprint density at radius 1 is 1.30 bits per heavy atom. The van der Waals surface area contributed by atoms with Crippen LogP contribution < -0.4 is 0 Å². The summed E-state index contributed by atoms with van der Waals surface area (Å²) in [5.74, 6) is 0.425. The van der Waals surface area contributed by atoms with Crippen LogP contribution in [-0.2, 0) is 59.7 Å². The standard InChI is InChI=1S/C13H14N2O2S2.Zn/c1-2-13(12(17)19,7-10(16)18)11-14-8-5-3-4-6-9(8)15-11;/h3-6H,2,7H2,1H3,(H,14,15)(H,16,18)(H,17,19);/q;+2/p-2. The minimum Gasteiger partial charge on any atom is -0.742 e. The van der Waals surface area contributed by atoms with Crippen molar-refractivity contribution in [2.24, 2.45) is 0 Å². The van der Waals surface area contributed by atoms with E-state index in [1.165, 1.54) is 0 Å². The van der Waals surface area contributed by atoms with Gasteiger partial charge in [0.05, 0.1) is 16.4 Å². The summed E-state index contributed by atoms with van der Waals surface area (Å²) in [7, 11) is 0. The average molecular weight is 358 g/mol. The van der Waals surface area contributed by atoms with Crippen molar-refractivity contribution >= 4 is 46.5 Å². The molecule has 4 nitrogen and oxygen atoms in total. The zero-order valence-electron chi connectivity index (χ0n) is 11.0. The van der Waals surface area contributed by atoms with Gasteiger partial charge < -0.3 is 39.8 Å². The predicted molar refractivity (Wildman–Crippen MR) is 77.4 cm³/mol. The Morgan fingerprint density at radius 2 is 1.95 bits per heavy atom. The molecule has 2 aromatic rings. The number of nitrogens with zero attached hydrogens (tertiary/aromatic N) is 1. The van der Waals surface area contributed by atoms with Gasteiger partial charge in [0, 0.05) is 16.7 Å². The second kappa shape index (κ2) is 6.70. The first kappa shape index (κ1) is 17.1. The van der Waals surface area contributed by atoms with Crippen LogP contribution in [0, 0.1) is 0 Å². The molecule has 1 heterocycles. The van der Waals surface area contributed by atoms with Crippen molar-refractivity contribution in [3.05, 3.63) is 30.1 Å². The van der Waals surface area contributed by atoms with E-state index in [0.717, 1.165) is 11.0 Å². The van der Waals surface area contributed by atoms with Crippen molar-refractivity contribution in [1.29, 1.82) is 0 Å². The summed E-state index contributed by atoms with van der Waals surface area (Å²) in [6, 6.07) is 7.41. The monoisotopic (exact) mass is 356 g/mol. The number of fused-ring (bicyclic) bond motifs is 1. The van der Waals surface area contributed by atoms with Gasteiger partial charge in [-0.2, -0.15) is 0 Å². The van der Waals surface area contributed by atoms with Crippen LogP contribution in [0.1, 0.15) is 25.6 Å². The number of para-hydroxylation sites is 2. The molecule has 1 aromatic carbocycles. The van der Waals surface area contributed by atoms with Crippen LogP contribution in [0.4, 0.5) is 0 Å². The molecule has 0 saturated carbocycles. The molecule has 2 rings (SSSR count). The molecule has 1 N–H and O–H groups in total. The van der Waals surface area contributed by atoms with Gasteiger partial charge in [-0.1, -0.05) is 19.1 Å². The van der Waals surface area contributed by atoms with Gasteiger partial charge in [0.15, 0.2) is 0 Å². The van der Waals surface area contributed by atoms with Crippen molar-refractivity contribution in [2.45, 2.75) is 25.2 Å². The van der Waals surface area contributed by atoms with Crippen LogP contribution in [-0.4, -0.2) is 20.2 Å². The Labute approximate surface area is 140 Å². The van der Waals surface area contributed by atoms with E-state index in [-0.39, 0.29) is 25.9 Å². The topological polar surface area (TPSA) is 62.8 Å². The predicted octanol–water partition coefficient (Wildman–Crippen LogP) is 1.75. The molecule has 7 heteroatoms. The maximum absolute atomic E-state index is 11.9. The van der Waals surface area contributed by atoms with E-state index in [9.17, 15) is 9.59 Å². The normalized spacial score (nSPS) is 13.4. The van der Waals surface area contributed by atoms with Gasteiger partial charge in [0.1, 0.15) is 5.82 Å². The molecular formula is C13H12N2O2S2Zn. The Morgan fingerprint density at radius 3 is 2.45 bits per heavy atom. The fourth-order valence-corrected chi connectivity index (χ4v) is 2.67. The smallest absolute Gasteiger partial charge is 0.742 e. The SMILES string of the molecule is CCC(CC(=O)[S-])(C(=O)[S-])c1nc2ccccc2[nH]1.[Zn+2]. The van der Waals surface area contributed by atoms with Crippen LogP contribution in [0.2, 0.25) is 0 Å². The fraction of sp³-hybridized carbons (Fsp3) is 0.308. The number of nitrogens with one attached hydrogen (secondary N) is 1. The number of hydrogen-bond donors (Lipinski definition) is 1. The molecule has 0 aliphatic rings. The molecule has 100 valence electrons. The second-order valence-corrected chi connectivity index (χ2v) is 5.20. The van der Waals surface area contributed by atoms with Crippen molar-refractivity contribution in [1.82, 2.24) is 9.97 Å².